The molecule has 9 heteroatoms. The maximum atomic E-state index is 13.5. The molecule has 2 aromatic carbocycles. The quantitative estimate of drug-likeness (QED) is 0.508. The van der Waals surface area contributed by atoms with E-state index in [9.17, 15) is 18.0 Å². The standard InChI is InChI=1S/C28H33N3O5S/c1-19(2)28(33)31-21(4)17-30(37(34,35)24-9-6-5-7-10-24)18-25(31)27(32)29-16-23-13-12-22(15-20(23)3)26-11-8-14-36-26/h5-15,19,21,25H,16-18H2,1-4H3,(H,29,32)/t21-,25-/m1/s1. The van der Waals surface area contributed by atoms with Crippen LogP contribution in [0.1, 0.15) is 31.9 Å². The monoisotopic (exact) mass is 523 g/mol. The number of benzene rings is 2. The van der Waals surface area contributed by atoms with Gasteiger partial charge in [-0.1, -0.05) is 44.2 Å². The molecule has 0 aliphatic carbocycles. The highest BCUT2D eigenvalue weighted by Crippen LogP contribution is 2.26. The van der Waals surface area contributed by atoms with Crippen molar-refractivity contribution in [2.24, 2.45) is 5.92 Å². The summed E-state index contributed by atoms with van der Waals surface area (Å²) in [6.45, 7) is 7.56. The van der Waals surface area contributed by atoms with Crippen LogP contribution in [-0.4, -0.2) is 54.6 Å². The number of amides is 2. The number of furan rings is 1. The SMILES string of the molecule is Cc1cc(-c2ccco2)ccc1CNC(=O)[C@H]1CN(S(=O)(=O)c2ccccc2)C[C@@H](C)N1C(=O)C(C)C. The van der Waals surface area contributed by atoms with Crippen LogP contribution >= 0.6 is 0 Å². The van der Waals surface area contributed by atoms with Crippen molar-refractivity contribution >= 4 is 21.8 Å². The molecule has 0 spiro atoms. The Morgan fingerprint density at radius 1 is 1.05 bits per heavy atom. The molecule has 1 aromatic heterocycles. The molecule has 0 unspecified atom stereocenters. The van der Waals surface area contributed by atoms with Crippen LogP contribution in [0.4, 0.5) is 0 Å². The number of nitrogens with zero attached hydrogens (tertiary/aromatic N) is 2. The number of rotatable bonds is 7. The summed E-state index contributed by atoms with van der Waals surface area (Å²) in [5.74, 6) is -0.129. The number of sulfonamides is 1. The second-order valence-electron chi connectivity index (χ2n) is 9.74. The van der Waals surface area contributed by atoms with Gasteiger partial charge in [0.1, 0.15) is 11.8 Å². The van der Waals surface area contributed by atoms with Crippen LogP contribution in [0.25, 0.3) is 11.3 Å². The summed E-state index contributed by atoms with van der Waals surface area (Å²) in [6.07, 6.45) is 1.62. The number of piperazine rings is 1. The third-order valence-electron chi connectivity index (χ3n) is 6.69. The Balaban J connectivity index is 1.55. The maximum absolute atomic E-state index is 13.5. The molecule has 1 N–H and O–H groups in total. The fraction of sp³-hybridized carbons (Fsp3) is 0.357. The molecule has 2 heterocycles. The smallest absolute Gasteiger partial charge is 0.244 e. The van der Waals surface area contributed by atoms with Crippen molar-refractivity contribution in [1.29, 1.82) is 0 Å². The lowest BCUT2D eigenvalue weighted by Crippen LogP contribution is -2.65. The van der Waals surface area contributed by atoms with Gasteiger partial charge in [0.15, 0.2) is 0 Å². The fourth-order valence-electron chi connectivity index (χ4n) is 4.65. The predicted octanol–water partition coefficient (Wildman–Crippen LogP) is 3.82. The summed E-state index contributed by atoms with van der Waals surface area (Å²) in [4.78, 5) is 28.3. The van der Waals surface area contributed by atoms with Crippen LogP contribution in [0.5, 0.6) is 0 Å². The molecular formula is C28H33N3O5S. The van der Waals surface area contributed by atoms with Gasteiger partial charge in [-0.25, -0.2) is 8.42 Å². The van der Waals surface area contributed by atoms with Gasteiger partial charge in [0, 0.05) is 37.2 Å². The Bertz CT molecular complexity index is 1350. The number of hydrogen-bond acceptors (Lipinski definition) is 5. The van der Waals surface area contributed by atoms with Gasteiger partial charge in [-0.3, -0.25) is 9.59 Å². The van der Waals surface area contributed by atoms with E-state index in [1.807, 2.05) is 37.3 Å². The molecule has 2 atom stereocenters. The Labute approximate surface area is 218 Å². The zero-order valence-electron chi connectivity index (χ0n) is 21.5. The van der Waals surface area contributed by atoms with E-state index in [4.69, 9.17) is 4.42 Å². The predicted molar refractivity (Wildman–Crippen MR) is 141 cm³/mol. The van der Waals surface area contributed by atoms with Crippen molar-refractivity contribution in [3.63, 3.8) is 0 Å². The first-order chi connectivity index (χ1) is 17.6. The average molecular weight is 524 g/mol. The van der Waals surface area contributed by atoms with Crippen LogP contribution in [0, 0.1) is 12.8 Å². The average Bonchev–Trinajstić information content (AvgIpc) is 3.42. The van der Waals surface area contributed by atoms with Crippen molar-refractivity contribution < 1.29 is 22.4 Å². The first kappa shape index (κ1) is 26.6. The lowest BCUT2D eigenvalue weighted by molar-refractivity contribution is -0.148. The van der Waals surface area contributed by atoms with E-state index in [-0.39, 0.29) is 42.3 Å². The normalized spacial score (nSPS) is 18.7. The molecule has 3 aromatic rings. The molecule has 0 saturated carbocycles. The highest BCUT2D eigenvalue weighted by Gasteiger charge is 2.43. The molecule has 0 bridgehead atoms. The minimum Gasteiger partial charge on any atom is -0.464 e. The van der Waals surface area contributed by atoms with Gasteiger partial charge in [-0.05, 0) is 55.3 Å². The summed E-state index contributed by atoms with van der Waals surface area (Å²) in [7, 11) is -3.82. The van der Waals surface area contributed by atoms with Crippen molar-refractivity contribution in [1.82, 2.24) is 14.5 Å². The van der Waals surface area contributed by atoms with Gasteiger partial charge < -0.3 is 14.6 Å². The third-order valence-corrected chi connectivity index (χ3v) is 8.53. The van der Waals surface area contributed by atoms with E-state index in [0.717, 1.165) is 22.5 Å². The summed E-state index contributed by atoms with van der Waals surface area (Å²) in [6, 6.07) is 16.3. The Morgan fingerprint density at radius 2 is 1.78 bits per heavy atom. The molecule has 37 heavy (non-hydrogen) atoms. The molecule has 2 amide bonds. The Kier molecular flexibility index (Phi) is 7.85. The zero-order valence-corrected chi connectivity index (χ0v) is 22.4. The fourth-order valence-corrected chi connectivity index (χ4v) is 6.20. The Hall–Kier alpha value is -3.43. The number of nitrogens with one attached hydrogen (secondary N) is 1. The van der Waals surface area contributed by atoms with Gasteiger partial charge in [0.25, 0.3) is 0 Å². The summed E-state index contributed by atoms with van der Waals surface area (Å²) in [5.41, 5.74) is 2.84. The first-order valence-electron chi connectivity index (χ1n) is 12.4. The van der Waals surface area contributed by atoms with Crippen LogP contribution in [-0.2, 0) is 26.2 Å². The highest BCUT2D eigenvalue weighted by atomic mass is 32.2. The molecule has 1 aliphatic rings. The lowest BCUT2D eigenvalue weighted by atomic mass is 10.0. The number of carbonyl (C=O) groups is 2. The van der Waals surface area contributed by atoms with Crippen LogP contribution in [0.2, 0.25) is 0 Å². The molecule has 1 fully saturated rings. The molecule has 8 nitrogen and oxygen atoms in total. The number of carbonyl (C=O) groups excluding carboxylic acids is 2. The second-order valence-corrected chi connectivity index (χ2v) is 11.7. The lowest BCUT2D eigenvalue weighted by Gasteiger charge is -2.44. The van der Waals surface area contributed by atoms with Crippen molar-refractivity contribution in [2.45, 2.75) is 51.2 Å². The Morgan fingerprint density at radius 3 is 2.41 bits per heavy atom. The maximum Gasteiger partial charge on any atom is 0.244 e. The molecule has 4 rings (SSSR count). The molecule has 0 radical (unpaired) electrons. The summed E-state index contributed by atoms with van der Waals surface area (Å²) in [5, 5.41) is 2.94. The second kappa shape index (κ2) is 10.9. The molecule has 196 valence electrons. The minimum atomic E-state index is -3.82. The van der Waals surface area contributed by atoms with Gasteiger partial charge in [-0.2, -0.15) is 4.31 Å². The van der Waals surface area contributed by atoms with E-state index in [1.165, 1.54) is 16.4 Å². The van der Waals surface area contributed by atoms with Gasteiger partial charge in [-0.15, -0.1) is 0 Å². The van der Waals surface area contributed by atoms with E-state index in [0.29, 0.717) is 0 Å². The molecular weight excluding hydrogens is 490 g/mol. The molecule has 1 saturated heterocycles. The first-order valence-corrected chi connectivity index (χ1v) is 13.8. The molecule has 1 aliphatic heterocycles. The van der Waals surface area contributed by atoms with Crippen molar-refractivity contribution in [3.05, 3.63) is 78.1 Å². The van der Waals surface area contributed by atoms with Gasteiger partial charge in [0.2, 0.25) is 21.8 Å². The van der Waals surface area contributed by atoms with Gasteiger partial charge >= 0.3 is 0 Å². The van der Waals surface area contributed by atoms with Gasteiger partial charge in [0.05, 0.1) is 11.2 Å². The largest absolute Gasteiger partial charge is 0.464 e. The highest BCUT2D eigenvalue weighted by molar-refractivity contribution is 7.89. The number of aryl methyl sites for hydroxylation is 1. The van der Waals surface area contributed by atoms with Crippen LogP contribution in [0.3, 0.4) is 0 Å². The van der Waals surface area contributed by atoms with E-state index in [2.05, 4.69) is 5.32 Å². The number of hydrogen-bond donors (Lipinski definition) is 1. The van der Waals surface area contributed by atoms with Crippen molar-refractivity contribution in [3.8, 4) is 11.3 Å². The minimum absolute atomic E-state index is 0.109. The van der Waals surface area contributed by atoms with Crippen LogP contribution in [0.15, 0.2) is 76.2 Å². The van der Waals surface area contributed by atoms with E-state index < -0.39 is 22.1 Å². The summed E-state index contributed by atoms with van der Waals surface area (Å²) >= 11 is 0. The van der Waals surface area contributed by atoms with Crippen LogP contribution < -0.4 is 5.32 Å². The third kappa shape index (κ3) is 5.62. The van der Waals surface area contributed by atoms with Crippen molar-refractivity contribution in [2.75, 3.05) is 13.1 Å². The topological polar surface area (TPSA) is 99.9 Å². The summed E-state index contributed by atoms with van der Waals surface area (Å²) < 4.78 is 33.5. The van der Waals surface area contributed by atoms with E-state index in [1.54, 1.807) is 50.1 Å². The van der Waals surface area contributed by atoms with E-state index >= 15 is 0 Å². The zero-order chi connectivity index (χ0) is 26.7.